The van der Waals surface area contributed by atoms with Crippen molar-refractivity contribution in [3.05, 3.63) is 0 Å². The molecule has 2 unspecified atom stereocenters. The number of likely N-dealkylation sites (tertiary alicyclic amines) is 1. The van der Waals surface area contributed by atoms with Crippen molar-refractivity contribution in [2.45, 2.75) is 44.8 Å². The average molecular weight is 258 g/mol. The standard InChI is InChI=1S/C13H26N2O3/c1-4-18-12(16)13(2,14)7-5-8-15-9-6-11(10-15)17-3/h11H,4-10,14H2,1-3H3. The molecule has 0 bridgehead atoms. The van der Waals surface area contributed by atoms with Gasteiger partial charge in [0.2, 0.25) is 0 Å². The van der Waals surface area contributed by atoms with Crippen molar-refractivity contribution in [2.24, 2.45) is 5.73 Å². The Morgan fingerprint density at radius 3 is 2.83 bits per heavy atom. The third-order valence-electron chi connectivity index (χ3n) is 3.47. The van der Waals surface area contributed by atoms with Crippen LogP contribution >= 0.6 is 0 Å². The van der Waals surface area contributed by atoms with E-state index in [9.17, 15) is 4.79 Å². The van der Waals surface area contributed by atoms with Crippen LogP contribution in [0.5, 0.6) is 0 Å². The van der Waals surface area contributed by atoms with Gasteiger partial charge in [-0.25, -0.2) is 0 Å². The summed E-state index contributed by atoms with van der Waals surface area (Å²) in [6.07, 6.45) is 3.01. The van der Waals surface area contributed by atoms with Crippen LogP contribution < -0.4 is 5.73 Å². The second-order valence-corrected chi connectivity index (χ2v) is 5.19. The fourth-order valence-corrected chi connectivity index (χ4v) is 2.26. The van der Waals surface area contributed by atoms with Crippen molar-refractivity contribution in [3.8, 4) is 0 Å². The van der Waals surface area contributed by atoms with Crippen molar-refractivity contribution >= 4 is 5.97 Å². The molecule has 1 fully saturated rings. The molecule has 0 saturated carbocycles. The number of esters is 1. The zero-order chi connectivity index (χ0) is 13.6. The van der Waals surface area contributed by atoms with Gasteiger partial charge in [-0.05, 0) is 39.7 Å². The van der Waals surface area contributed by atoms with E-state index in [-0.39, 0.29) is 5.97 Å². The Labute approximate surface area is 110 Å². The summed E-state index contributed by atoms with van der Waals surface area (Å²) in [5.41, 5.74) is 5.10. The van der Waals surface area contributed by atoms with Crippen LogP contribution in [0.3, 0.4) is 0 Å². The highest BCUT2D eigenvalue weighted by molar-refractivity contribution is 5.79. The fraction of sp³-hybridized carbons (Fsp3) is 0.923. The van der Waals surface area contributed by atoms with E-state index in [4.69, 9.17) is 15.2 Å². The van der Waals surface area contributed by atoms with Crippen LogP contribution in [0, 0.1) is 0 Å². The number of carbonyl (C=O) groups excluding carboxylic acids is 1. The van der Waals surface area contributed by atoms with Gasteiger partial charge in [0.25, 0.3) is 0 Å². The molecule has 2 N–H and O–H groups in total. The molecule has 1 saturated heterocycles. The number of methoxy groups -OCH3 is 1. The molecular formula is C13H26N2O3. The van der Waals surface area contributed by atoms with Crippen LogP contribution in [0.4, 0.5) is 0 Å². The fourth-order valence-electron chi connectivity index (χ4n) is 2.26. The summed E-state index contributed by atoms with van der Waals surface area (Å²) in [6.45, 7) is 6.94. The number of rotatable bonds is 7. The van der Waals surface area contributed by atoms with E-state index in [0.717, 1.165) is 32.5 Å². The molecule has 1 heterocycles. The predicted octanol–water partition coefficient (Wildman–Crippen LogP) is 0.768. The van der Waals surface area contributed by atoms with Gasteiger partial charge in [-0.1, -0.05) is 0 Å². The molecule has 106 valence electrons. The summed E-state index contributed by atoms with van der Waals surface area (Å²) >= 11 is 0. The van der Waals surface area contributed by atoms with Crippen LogP contribution in [-0.4, -0.2) is 55.9 Å². The number of hydrogen-bond donors (Lipinski definition) is 1. The molecule has 1 rings (SSSR count). The van der Waals surface area contributed by atoms with Crippen molar-refractivity contribution in [3.63, 3.8) is 0 Å². The summed E-state index contributed by atoms with van der Waals surface area (Å²) in [5, 5.41) is 0. The van der Waals surface area contributed by atoms with Crippen molar-refractivity contribution in [2.75, 3.05) is 33.4 Å². The summed E-state index contributed by atoms with van der Waals surface area (Å²) in [7, 11) is 1.76. The first-order valence-electron chi connectivity index (χ1n) is 6.71. The van der Waals surface area contributed by atoms with E-state index in [1.165, 1.54) is 0 Å². The van der Waals surface area contributed by atoms with E-state index in [1.54, 1.807) is 21.0 Å². The molecule has 5 nitrogen and oxygen atoms in total. The molecule has 2 atom stereocenters. The Hall–Kier alpha value is -0.650. The molecule has 0 amide bonds. The van der Waals surface area contributed by atoms with Crippen LogP contribution in [-0.2, 0) is 14.3 Å². The summed E-state index contributed by atoms with van der Waals surface area (Å²) in [5.74, 6) is -0.304. The van der Waals surface area contributed by atoms with Gasteiger partial charge in [0.1, 0.15) is 5.54 Å². The van der Waals surface area contributed by atoms with Crippen LogP contribution in [0.25, 0.3) is 0 Å². The van der Waals surface area contributed by atoms with Crippen molar-refractivity contribution in [1.29, 1.82) is 0 Å². The first-order chi connectivity index (χ1) is 8.49. The minimum atomic E-state index is -0.865. The van der Waals surface area contributed by atoms with Gasteiger partial charge < -0.3 is 20.1 Å². The molecule has 0 radical (unpaired) electrons. The highest BCUT2D eigenvalue weighted by Crippen LogP contribution is 2.15. The molecule has 0 aliphatic carbocycles. The van der Waals surface area contributed by atoms with Gasteiger partial charge in [0.05, 0.1) is 12.7 Å². The molecule has 1 aliphatic heterocycles. The lowest BCUT2D eigenvalue weighted by atomic mass is 9.97. The quantitative estimate of drug-likeness (QED) is 0.683. The van der Waals surface area contributed by atoms with Gasteiger partial charge in [-0.2, -0.15) is 0 Å². The maximum atomic E-state index is 11.6. The smallest absolute Gasteiger partial charge is 0.325 e. The number of ether oxygens (including phenoxy) is 2. The molecule has 0 spiro atoms. The monoisotopic (exact) mass is 258 g/mol. The first-order valence-corrected chi connectivity index (χ1v) is 6.71. The zero-order valence-corrected chi connectivity index (χ0v) is 11.8. The highest BCUT2D eigenvalue weighted by atomic mass is 16.5. The number of carbonyl (C=O) groups is 1. The molecular weight excluding hydrogens is 232 g/mol. The average Bonchev–Trinajstić information content (AvgIpc) is 2.77. The summed E-state index contributed by atoms with van der Waals surface area (Å²) in [4.78, 5) is 14.0. The van der Waals surface area contributed by atoms with Crippen LogP contribution in [0.15, 0.2) is 0 Å². The minimum Gasteiger partial charge on any atom is -0.465 e. The van der Waals surface area contributed by atoms with E-state index in [1.807, 2.05) is 0 Å². The topological polar surface area (TPSA) is 64.8 Å². The number of nitrogens with two attached hydrogens (primary N) is 1. The van der Waals surface area contributed by atoms with E-state index >= 15 is 0 Å². The lowest BCUT2D eigenvalue weighted by Gasteiger charge is -2.23. The SMILES string of the molecule is CCOC(=O)C(C)(N)CCCN1CCC(OC)C1. The maximum Gasteiger partial charge on any atom is 0.325 e. The number of nitrogens with zero attached hydrogens (tertiary/aromatic N) is 1. The Balaban J connectivity index is 2.22. The largest absolute Gasteiger partial charge is 0.465 e. The van der Waals surface area contributed by atoms with Gasteiger partial charge in [-0.3, -0.25) is 4.79 Å². The summed E-state index contributed by atoms with van der Waals surface area (Å²) < 4.78 is 10.3. The molecule has 1 aliphatic rings. The third kappa shape index (κ3) is 4.55. The Bertz CT molecular complexity index is 269. The highest BCUT2D eigenvalue weighted by Gasteiger charge is 2.30. The van der Waals surface area contributed by atoms with Gasteiger partial charge >= 0.3 is 5.97 Å². The number of hydrogen-bond acceptors (Lipinski definition) is 5. The maximum absolute atomic E-state index is 11.6. The molecule has 0 aromatic rings. The van der Waals surface area contributed by atoms with Gasteiger partial charge in [0.15, 0.2) is 0 Å². The third-order valence-corrected chi connectivity index (χ3v) is 3.47. The van der Waals surface area contributed by atoms with Gasteiger partial charge in [0, 0.05) is 20.2 Å². The lowest BCUT2D eigenvalue weighted by Crippen LogP contribution is -2.46. The van der Waals surface area contributed by atoms with Gasteiger partial charge in [-0.15, -0.1) is 0 Å². The Morgan fingerprint density at radius 1 is 1.56 bits per heavy atom. The van der Waals surface area contributed by atoms with Crippen molar-refractivity contribution in [1.82, 2.24) is 4.90 Å². The Morgan fingerprint density at radius 2 is 2.28 bits per heavy atom. The molecule has 18 heavy (non-hydrogen) atoms. The second-order valence-electron chi connectivity index (χ2n) is 5.19. The first kappa shape index (κ1) is 15.4. The predicted molar refractivity (Wildman–Crippen MR) is 70.3 cm³/mol. The van der Waals surface area contributed by atoms with Crippen molar-refractivity contribution < 1.29 is 14.3 Å². The minimum absolute atomic E-state index is 0.304. The molecule has 0 aromatic heterocycles. The molecule has 5 heteroatoms. The summed E-state index contributed by atoms with van der Waals surface area (Å²) in [6, 6.07) is 0. The van der Waals surface area contributed by atoms with Crippen LogP contribution in [0.2, 0.25) is 0 Å². The lowest BCUT2D eigenvalue weighted by molar-refractivity contribution is -0.149. The Kier molecular flexibility index (Phi) is 6.05. The van der Waals surface area contributed by atoms with E-state index < -0.39 is 5.54 Å². The van der Waals surface area contributed by atoms with E-state index in [2.05, 4.69) is 4.90 Å². The van der Waals surface area contributed by atoms with E-state index in [0.29, 0.717) is 19.1 Å². The molecule has 0 aromatic carbocycles. The van der Waals surface area contributed by atoms with Crippen LogP contribution in [0.1, 0.15) is 33.1 Å². The normalized spacial score (nSPS) is 23.9. The zero-order valence-electron chi connectivity index (χ0n) is 11.8. The second kappa shape index (κ2) is 7.07.